The van der Waals surface area contributed by atoms with Crippen LogP contribution in [0.4, 0.5) is 0 Å². The van der Waals surface area contributed by atoms with Gasteiger partial charge in [0.25, 0.3) is 0 Å². The van der Waals surface area contributed by atoms with E-state index in [1.807, 2.05) is 6.20 Å². The second kappa shape index (κ2) is 4.57. The summed E-state index contributed by atoms with van der Waals surface area (Å²) in [4.78, 5) is 4.59. The van der Waals surface area contributed by atoms with Crippen LogP contribution in [-0.2, 0) is 5.41 Å². The van der Waals surface area contributed by atoms with Crippen LogP contribution >= 0.6 is 0 Å². The molecule has 1 heterocycles. The molecule has 0 aliphatic rings. The van der Waals surface area contributed by atoms with Crippen molar-refractivity contribution < 1.29 is 0 Å². The molecule has 1 rings (SSSR count). The molecule has 0 radical (unpaired) electrons. The average Bonchev–Trinajstić information content (AvgIpc) is 2.15. The molecule has 90 valence electrons. The van der Waals surface area contributed by atoms with Crippen molar-refractivity contribution in [2.45, 2.75) is 65.7 Å². The zero-order chi connectivity index (χ0) is 12.5. The number of hydrogen-bond acceptors (Lipinski definition) is 1. The second-order valence-corrected chi connectivity index (χ2v) is 6.22. The number of aromatic nitrogens is 1. The summed E-state index contributed by atoms with van der Waals surface area (Å²) in [6, 6.07) is 2.18. The Morgan fingerprint density at radius 1 is 1.00 bits per heavy atom. The van der Waals surface area contributed by atoms with E-state index in [1.165, 1.54) is 16.8 Å². The Labute approximate surface area is 100 Å². The SMILES string of the molecule is CC(C)c1ccnc(C(C)C)c1C(C)(C)C. The fourth-order valence-corrected chi connectivity index (χ4v) is 2.23. The molecule has 0 aliphatic heterocycles. The van der Waals surface area contributed by atoms with Gasteiger partial charge in [0.2, 0.25) is 0 Å². The van der Waals surface area contributed by atoms with Gasteiger partial charge in [0, 0.05) is 11.9 Å². The van der Waals surface area contributed by atoms with Crippen molar-refractivity contribution in [3.63, 3.8) is 0 Å². The number of pyridine rings is 1. The van der Waals surface area contributed by atoms with E-state index in [4.69, 9.17) is 0 Å². The molecule has 0 N–H and O–H groups in total. The third-order valence-electron chi connectivity index (χ3n) is 2.93. The number of rotatable bonds is 2. The largest absolute Gasteiger partial charge is 0.261 e. The molecule has 1 nitrogen and oxygen atoms in total. The fourth-order valence-electron chi connectivity index (χ4n) is 2.23. The van der Waals surface area contributed by atoms with E-state index < -0.39 is 0 Å². The van der Waals surface area contributed by atoms with E-state index in [1.54, 1.807) is 0 Å². The van der Waals surface area contributed by atoms with Crippen LogP contribution < -0.4 is 0 Å². The lowest BCUT2D eigenvalue weighted by atomic mass is 9.78. The normalized spacial score (nSPS) is 12.6. The van der Waals surface area contributed by atoms with Crippen molar-refractivity contribution >= 4 is 0 Å². The molecule has 1 heteroatoms. The molecule has 0 aliphatic carbocycles. The average molecular weight is 219 g/mol. The Morgan fingerprint density at radius 2 is 1.56 bits per heavy atom. The summed E-state index contributed by atoms with van der Waals surface area (Å²) >= 11 is 0. The van der Waals surface area contributed by atoms with Crippen LogP contribution in [0.2, 0.25) is 0 Å². The van der Waals surface area contributed by atoms with Crippen LogP contribution in [0.25, 0.3) is 0 Å². The Balaban J connectivity index is 3.48. The minimum Gasteiger partial charge on any atom is -0.261 e. The van der Waals surface area contributed by atoms with Crippen LogP contribution in [0.3, 0.4) is 0 Å². The van der Waals surface area contributed by atoms with Crippen LogP contribution in [0.5, 0.6) is 0 Å². The molecular formula is C15H25N. The quantitative estimate of drug-likeness (QED) is 0.707. The molecule has 0 spiro atoms. The first-order valence-electron chi connectivity index (χ1n) is 6.24. The lowest BCUT2D eigenvalue weighted by Crippen LogP contribution is -2.19. The maximum atomic E-state index is 4.59. The van der Waals surface area contributed by atoms with Crippen molar-refractivity contribution in [2.75, 3.05) is 0 Å². The van der Waals surface area contributed by atoms with Crippen LogP contribution in [0.15, 0.2) is 12.3 Å². The van der Waals surface area contributed by atoms with E-state index in [0.29, 0.717) is 11.8 Å². The summed E-state index contributed by atoms with van der Waals surface area (Å²) in [6.45, 7) is 15.8. The summed E-state index contributed by atoms with van der Waals surface area (Å²) in [6.07, 6.45) is 1.96. The zero-order valence-electron chi connectivity index (χ0n) is 11.8. The molecule has 16 heavy (non-hydrogen) atoms. The fraction of sp³-hybridized carbons (Fsp3) is 0.667. The van der Waals surface area contributed by atoms with Crippen molar-refractivity contribution in [1.29, 1.82) is 0 Å². The molecular weight excluding hydrogens is 194 g/mol. The summed E-state index contributed by atoms with van der Waals surface area (Å²) in [7, 11) is 0. The lowest BCUT2D eigenvalue weighted by Gasteiger charge is -2.28. The first-order valence-corrected chi connectivity index (χ1v) is 6.24. The van der Waals surface area contributed by atoms with Gasteiger partial charge in [-0.2, -0.15) is 0 Å². The predicted molar refractivity (Wildman–Crippen MR) is 71.1 cm³/mol. The lowest BCUT2D eigenvalue weighted by molar-refractivity contribution is 0.557. The zero-order valence-corrected chi connectivity index (χ0v) is 11.8. The van der Waals surface area contributed by atoms with Gasteiger partial charge < -0.3 is 0 Å². The molecule has 0 amide bonds. The van der Waals surface area contributed by atoms with Gasteiger partial charge in [0.1, 0.15) is 0 Å². The molecule has 0 saturated carbocycles. The Kier molecular flexibility index (Phi) is 3.77. The minimum absolute atomic E-state index is 0.174. The van der Waals surface area contributed by atoms with Crippen LogP contribution in [0.1, 0.15) is 77.1 Å². The maximum Gasteiger partial charge on any atom is 0.0469 e. The molecule has 0 atom stereocenters. The first kappa shape index (κ1) is 13.2. The van der Waals surface area contributed by atoms with E-state index in [9.17, 15) is 0 Å². The molecule has 0 bridgehead atoms. The topological polar surface area (TPSA) is 12.9 Å². The maximum absolute atomic E-state index is 4.59. The third kappa shape index (κ3) is 2.63. The third-order valence-corrected chi connectivity index (χ3v) is 2.93. The highest BCUT2D eigenvalue weighted by molar-refractivity contribution is 5.39. The van der Waals surface area contributed by atoms with E-state index >= 15 is 0 Å². The van der Waals surface area contributed by atoms with Gasteiger partial charge in [0.15, 0.2) is 0 Å². The first-order chi connectivity index (χ1) is 7.25. The highest BCUT2D eigenvalue weighted by atomic mass is 14.7. The summed E-state index contributed by atoms with van der Waals surface area (Å²) in [5.41, 5.74) is 4.33. The van der Waals surface area contributed by atoms with Crippen LogP contribution in [0, 0.1) is 0 Å². The van der Waals surface area contributed by atoms with Gasteiger partial charge in [-0.25, -0.2) is 0 Å². The number of nitrogens with zero attached hydrogens (tertiary/aromatic N) is 1. The molecule has 1 aromatic heterocycles. The standard InChI is InChI=1S/C15H25N/c1-10(2)12-8-9-16-14(11(3)4)13(12)15(5,6)7/h8-11H,1-7H3. The van der Waals surface area contributed by atoms with Gasteiger partial charge >= 0.3 is 0 Å². The highest BCUT2D eigenvalue weighted by Crippen LogP contribution is 2.35. The van der Waals surface area contributed by atoms with Gasteiger partial charge in [-0.15, -0.1) is 0 Å². The van der Waals surface area contributed by atoms with Crippen molar-refractivity contribution in [2.24, 2.45) is 0 Å². The smallest absolute Gasteiger partial charge is 0.0469 e. The predicted octanol–water partition coefficient (Wildman–Crippen LogP) is 4.63. The Hall–Kier alpha value is -0.850. The van der Waals surface area contributed by atoms with Crippen molar-refractivity contribution in [3.8, 4) is 0 Å². The summed E-state index contributed by atoms with van der Waals surface area (Å²) in [5.74, 6) is 1.06. The van der Waals surface area contributed by atoms with Gasteiger partial charge in [-0.1, -0.05) is 48.5 Å². The number of hydrogen-bond donors (Lipinski definition) is 0. The molecule has 1 aromatic rings. The van der Waals surface area contributed by atoms with Crippen molar-refractivity contribution in [1.82, 2.24) is 4.98 Å². The minimum atomic E-state index is 0.174. The Morgan fingerprint density at radius 3 is 1.94 bits per heavy atom. The van der Waals surface area contributed by atoms with E-state index in [-0.39, 0.29) is 5.41 Å². The van der Waals surface area contributed by atoms with Gasteiger partial charge in [-0.05, 0) is 34.4 Å². The molecule has 0 saturated heterocycles. The van der Waals surface area contributed by atoms with Crippen molar-refractivity contribution in [3.05, 3.63) is 29.1 Å². The summed E-state index contributed by atoms with van der Waals surface area (Å²) in [5, 5.41) is 0. The van der Waals surface area contributed by atoms with Gasteiger partial charge in [-0.3, -0.25) is 4.98 Å². The molecule has 0 fully saturated rings. The monoisotopic (exact) mass is 219 g/mol. The molecule has 0 unspecified atom stereocenters. The van der Waals surface area contributed by atoms with Crippen LogP contribution in [-0.4, -0.2) is 4.98 Å². The molecule has 0 aromatic carbocycles. The summed E-state index contributed by atoms with van der Waals surface area (Å²) < 4.78 is 0. The Bertz CT molecular complexity index is 330. The highest BCUT2D eigenvalue weighted by Gasteiger charge is 2.24. The second-order valence-electron chi connectivity index (χ2n) is 6.22. The van der Waals surface area contributed by atoms with E-state index in [2.05, 4.69) is 59.5 Å². The van der Waals surface area contributed by atoms with E-state index in [0.717, 1.165) is 0 Å². The van der Waals surface area contributed by atoms with Gasteiger partial charge in [0.05, 0.1) is 0 Å².